The van der Waals surface area contributed by atoms with Crippen molar-refractivity contribution in [1.82, 2.24) is 5.32 Å². The fraction of sp³-hybridized carbons (Fsp3) is 1.00. The summed E-state index contributed by atoms with van der Waals surface area (Å²) in [5, 5.41) is 12.8. The smallest absolute Gasteiger partial charge is 0.0710 e. The zero-order valence-electron chi connectivity index (χ0n) is 7.02. The van der Waals surface area contributed by atoms with Gasteiger partial charge in [-0.1, -0.05) is 20.8 Å². The van der Waals surface area contributed by atoms with Crippen LogP contribution in [0, 0.1) is 5.41 Å². The molecule has 1 aliphatic rings. The van der Waals surface area contributed by atoms with E-state index in [1.54, 1.807) is 0 Å². The molecule has 0 radical (unpaired) electrons. The Hall–Kier alpha value is -0.0800. The van der Waals surface area contributed by atoms with Crippen molar-refractivity contribution in [1.29, 1.82) is 0 Å². The average molecular weight is 143 g/mol. The SMILES string of the molecule is CC(C)(C)C1NCCC1O. The molecular formula is C8H17NO. The van der Waals surface area contributed by atoms with Gasteiger partial charge in [-0.15, -0.1) is 0 Å². The third-order valence-corrected chi connectivity index (χ3v) is 2.12. The van der Waals surface area contributed by atoms with Gasteiger partial charge in [0.1, 0.15) is 0 Å². The van der Waals surface area contributed by atoms with Crippen LogP contribution in [0.1, 0.15) is 27.2 Å². The topological polar surface area (TPSA) is 32.3 Å². The highest BCUT2D eigenvalue weighted by molar-refractivity contribution is 4.91. The minimum Gasteiger partial charge on any atom is -0.391 e. The highest BCUT2D eigenvalue weighted by Gasteiger charge is 2.34. The molecule has 1 aliphatic heterocycles. The summed E-state index contributed by atoms with van der Waals surface area (Å²) in [6, 6.07) is 0.285. The number of hydrogen-bond acceptors (Lipinski definition) is 2. The van der Waals surface area contributed by atoms with Gasteiger partial charge in [0, 0.05) is 6.04 Å². The van der Waals surface area contributed by atoms with E-state index in [4.69, 9.17) is 0 Å². The molecular weight excluding hydrogens is 126 g/mol. The maximum absolute atomic E-state index is 9.46. The Morgan fingerprint density at radius 3 is 2.20 bits per heavy atom. The number of aliphatic hydroxyl groups excluding tert-OH is 1. The molecule has 0 aromatic rings. The number of rotatable bonds is 0. The summed E-state index contributed by atoms with van der Waals surface area (Å²) in [6.07, 6.45) is 0.766. The zero-order valence-corrected chi connectivity index (χ0v) is 7.02. The molecule has 2 atom stereocenters. The molecule has 2 N–H and O–H groups in total. The van der Waals surface area contributed by atoms with Crippen molar-refractivity contribution in [3.05, 3.63) is 0 Å². The molecule has 0 aromatic carbocycles. The lowest BCUT2D eigenvalue weighted by Crippen LogP contribution is -2.41. The molecule has 0 aromatic heterocycles. The van der Waals surface area contributed by atoms with E-state index in [-0.39, 0.29) is 17.6 Å². The molecule has 0 saturated carbocycles. The number of nitrogens with one attached hydrogen (secondary N) is 1. The fourth-order valence-electron chi connectivity index (χ4n) is 1.57. The van der Waals surface area contributed by atoms with Crippen molar-refractivity contribution in [3.63, 3.8) is 0 Å². The summed E-state index contributed by atoms with van der Waals surface area (Å²) in [7, 11) is 0. The van der Waals surface area contributed by atoms with Crippen LogP contribution in [0.4, 0.5) is 0 Å². The second kappa shape index (κ2) is 2.51. The Morgan fingerprint density at radius 1 is 1.40 bits per heavy atom. The predicted molar refractivity (Wildman–Crippen MR) is 41.9 cm³/mol. The van der Waals surface area contributed by atoms with Crippen molar-refractivity contribution in [2.24, 2.45) is 5.41 Å². The van der Waals surface area contributed by atoms with E-state index >= 15 is 0 Å². The van der Waals surface area contributed by atoms with Crippen LogP contribution in [0.25, 0.3) is 0 Å². The lowest BCUT2D eigenvalue weighted by Gasteiger charge is -2.29. The van der Waals surface area contributed by atoms with E-state index in [0.717, 1.165) is 13.0 Å². The van der Waals surface area contributed by atoms with Gasteiger partial charge in [-0.25, -0.2) is 0 Å². The first-order valence-corrected chi connectivity index (χ1v) is 3.93. The zero-order chi connectivity index (χ0) is 7.78. The molecule has 0 bridgehead atoms. The first-order valence-electron chi connectivity index (χ1n) is 3.93. The van der Waals surface area contributed by atoms with Gasteiger partial charge in [-0.3, -0.25) is 0 Å². The van der Waals surface area contributed by atoms with Crippen LogP contribution in [-0.2, 0) is 0 Å². The lowest BCUT2D eigenvalue weighted by atomic mass is 9.85. The summed E-state index contributed by atoms with van der Waals surface area (Å²) >= 11 is 0. The van der Waals surface area contributed by atoms with E-state index in [1.807, 2.05) is 0 Å². The van der Waals surface area contributed by atoms with Gasteiger partial charge in [-0.2, -0.15) is 0 Å². The Kier molecular flexibility index (Phi) is 2.02. The molecule has 2 nitrogen and oxygen atoms in total. The predicted octanol–water partition coefficient (Wildman–Crippen LogP) is 0.755. The lowest BCUT2D eigenvalue weighted by molar-refractivity contribution is 0.105. The van der Waals surface area contributed by atoms with Crippen LogP contribution in [0.2, 0.25) is 0 Å². The summed E-state index contributed by atoms with van der Waals surface area (Å²) in [5.41, 5.74) is 0.190. The molecule has 1 rings (SSSR count). The molecule has 10 heavy (non-hydrogen) atoms. The number of hydrogen-bond donors (Lipinski definition) is 2. The minimum absolute atomic E-state index is 0.139. The highest BCUT2D eigenvalue weighted by atomic mass is 16.3. The fourth-order valence-corrected chi connectivity index (χ4v) is 1.57. The molecule has 0 aliphatic carbocycles. The van der Waals surface area contributed by atoms with Crippen molar-refractivity contribution < 1.29 is 5.11 Å². The number of aliphatic hydroxyl groups is 1. The standard InChI is InChI=1S/C8H17NO/c1-8(2,3)7-6(10)4-5-9-7/h6-7,9-10H,4-5H2,1-3H3. The summed E-state index contributed by atoms with van der Waals surface area (Å²) < 4.78 is 0. The van der Waals surface area contributed by atoms with Crippen molar-refractivity contribution in [3.8, 4) is 0 Å². The third-order valence-electron chi connectivity index (χ3n) is 2.12. The van der Waals surface area contributed by atoms with E-state index in [9.17, 15) is 5.11 Å². The molecule has 1 fully saturated rings. The third kappa shape index (κ3) is 1.50. The molecule has 2 unspecified atom stereocenters. The Labute approximate surface area is 62.6 Å². The largest absolute Gasteiger partial charge is 0.391 e. The maximum Gasteiger partial charge on any atom is 0.0710 e. The summed E-state index contributed by atoms with van der Waals surface area (Å²) in [6.45, 7) is 7.42. The minimum atomic E-state index is -0.139. The van der Waals surface area contributed by atoms with Crippen LogP contribution in [-0.4, -0.2) is 23.8 Å². The van der Waals surface area contributed by atoms with Gasteiger partial charge in [-0.05, 0) is 18.4 Å². The van der Waals surface area contributed by atoms with E-state index in [2.05, 4.69) is 26.1 Å². The van der Waals surface area contributed by atoms with Gasteiger partial charge >= 0.3 is 0 Å². The normalized spacial score (nSPS) is 34.8. The molecule has 1 heterocycles. The van der Waals surface area contributed by atoms with Crippen LogP contribution in [0.15, 0.2) is 0 Å². The Morgan fingerprint density at radius 2 is 2.00 bits per heavy atom. The van der Waals surface area contributed by atoms with Gasteiger partial charge < -0.3 is 10.4 Å². The average Bonchev–Trinajstić information content (AvgIpc) is 2.11. The van der Waals surface area contributed by atoms with E-state index < -0.39 is 0 Å². The second-order valence-corrected chi connectivity index (χ2v) is 4.15. The van der Waals surface area contributed by atoms with Crippen molar-refractivity contribution in [2.75, 3.05) is 6.54 Å². The van der Waals surface area contributed by atoms with E-state index in [0.29, 0.717) is 0 Å². The van der Waals surface area contributed by atoms with Crippen molar-refractivity contribution >= 4 is 0 Å². The molecule has 60 valence electrons. The summed E-state index contributed by atoms with van der Waals surface area (Å²) in [4.78, 5) is 0. The van der Waals surface area contributed by atoms with Crippen LogP contribution >= 0.6 is 0 Å². The van der Waals surface area contributed by atoms with Crippen LogP contribution in [0.3, 0.4) is 0 Å². The van der Waals surface area contributed by atoms with Crippen LogP contribution < -0.4 is 5.32 Å². The van der Waals surface area contributed by atoms with Gasteiger partial charge in [0.25, 0.3) is 0 Å². The summed E-state index contributed by atoms with van der Waals surface area (Å²) in [5.74, 6) is 0. The van der Waals surface area contributed by atoms with E-state index in [1.165, 1.54) is 0 Å². The first-order chi connectivity index (χ1) is 4.52. The second-order valence-electron chi connectivity index (χ2n) is 4.15. The monoisotopic (exact) mass is 143 g/mol. The first kappa shape index (κ1) is 8.02. The van der Waals surface area contributed by atoms with Crippen LogP contribution in [0.5, 0.6) is 0 Å². The molecule has 0 amide bonds. The Balaban J connectivity index is 2.55. The molecule has 2 heteroatoms. The highest BCUT2D eigenvalue weighted by Crippen LogP contribution is 2.25. The Bertz CT molecular complexity index is 117. The van der Waals surface area contributed by atoms with Gasteiger partial charge in [0.2, 0.25) is 0 Å². The quantitative estimate of drug-likeness (QED) is 0.524. The maximum atomic E-state index is 9.46. The van der Waals surface area contributed by atoms with Gasteiger partial charge in [0.15, 0.2) is 0 Å². The van der Waals surface area contributed by atoms with Gasteiger partial charge in [0.05, 0.1) is 6.10 Å². The molecule has 0 spiro atoms. The van der Waals surface area contributed by atoms with Crippen molar-refractivity contribution in [2.45, 2.75) is 39.3 Å². The molecule has 1 saturated heterocycles.